The zero-order valence-electron chi connectivity index (χ0n) is 13.0. The lowest BCUT2D eigenvalue weighted by atomic mass is 9.60. The normalized spacial score (nSPS) is 46.0. The van der Waals surface area contributed by atoms with Crippen LogP contribution in [0, 0.1) is 20.9 Å². The first kappa shape index (κ1) is 14.1. The molecular formula is C16H23N3O3+2. The van der Waals surface area contributed by atoms with Gasteiger partial charge < -0.3 is 5.11 Å². The molecule has 4 aliphatic rings. The highest BCUT2D eigenvalue weighted by Gasteiger charge is 2.68. The molecule has 0 unspecified atom stereocenters. The monoisotopic (exact) mass is 305 g/mol. The number of hydrogen-bond donors (Lipinski definition) is 3. The van der Waals surface area contributed by atoms with Crippen LogP contribution >= 0.6 is 0 Å². The third kappa shape index (κ3) is 1.71. The number of rotatable bonds is 2. The second-order valence-corrected chi connectivity index (χ2v) is 7.98. The number of nitrogens with zero attached hydrogens (tertiary/aromatic N) is 1. The van der Waals surface area contributed by atoms with Gasteiger partial charge in [-0.1, -0.05) is 12.1 Å². The van der Waals surface area contributed by atoms with E-state index in [2.05, 4.69) is 13.8 Å². The highest BCUT2D eigenvalue weighted by molar-refractivity contribution is 5.40. The Hall–Kier alpha value is -1.50. The van der Waals surface area contributed by atoms with Gasteiger partial charge in [0, 0.05) is 6.07 Å². The van der Waals surface area contributed by atoms with E-state index in [9.17, 15) is 15.2 Å². The minimum absolute atomic E-state index is 0.0734. The number of piperidine rings is 2. The van der Waals surface area contributed by atoms with Crippen LogP contribution in [-0.4, -0.2) is 42.3 Å². The zero-order chi connectivity index (χ0) is 15.7. The van der Waals surface area contributed by atoms with Crippen molar-refractivity contribution in [2.45, 2.75) is 26.1 Å². The van der Waals surface area contributed by atoms with Crippen molar-refractivity contribution >= 4 is 5.69 Å². The quantitative estimate of drug-likeness (QED) is 0.474. The zero-order valence-corrected chi connectivity index (χ0v) is 13.0. The molecule has 4 saturated heterocycles. The van der Waals surface area contributed by atoms with E-state index in [1.54, 1.807) is 12.1 Å². The molecule has 6 heteroatoms. The van der Waals surface area contributed by atoms with Gasteiger partial charge in [-0.05, 0) is 19.9 Å². The van der Waals surface area contributed by atoms with E-state index in [1.165, 1.54) is 9.80 Å². The van der Waals surface area contributed by atoms with Gasteiger partial charge >= 0.3 is 0 Å². The molecule has 4 fully saturated rings. The maximum atomic E-state index is 11.4. The van der Waals surface area contributed by atoms with Gasteiger partial charge in [-0.2, -0.15) is 0 Å². The van der Waals surface area contributed by atoms with Crippen LogP contribution in [-0.2, 0) is 0 Å². The smallest absolute Gasteiger partial charge is 0.285 e. The number of nitro benzene ring substituents is 1. The molecule has 1 aromatic carbocycles. The minimum atomic E-state index is -0.265. The molecular weight excluding hydrogens is 282 g/mol. The predicted molar refractivity (Wildman–Crippen MR) is 79.5 cm³/mol. The third-order valence-electron chi connectivity index (χ3n) is 6.10. The van der Waals surface area contributed by atoms with E-state index >= 15 is 0 Å². The summed E-state index contributed by atoms with van der Waals surface area (Å²) >= 11 is 0. The van der Waals surface area contributed by atoms with Crippen LogP contribution in [0.25, 0.3) is 0 Å². The molecule has 0 aliphatic carbocycles. The lowest BCUT2D eigenvalue weighted by Gasteiger charge is -2.62. The van der Waals surface area contributed by atoms with Crippen LogP contribution in [0.1, 0.15) is 25.6 Å². The summed E-state index contributed by atoms with van der Waals surface area (Å²) in [4.78, 5) is 13.9. The largest absolute Gasteiger partial charge is 0.391 e. The maximum Gasteiger partial charge on any atom is 0.285 e. The van der Waals surface area contributed by atoms with Crippen molar-refractivity contribution in [2.75, 3.05) is 26.2 Å². The lowest BCUT2D eigenvalue weighted by molar-refractivity contribution is -1.19. The van der Waals surface area contributed by atoms with Crippen molar-refractivity contribution < 1.29 is 19.8 Å². The fourth-order valence-electron chi connectivity index (χ4n) is 5.59. The van der Waals surface area contributed by atoms with Gasteiger partial charge in [0.2, 0.25) is 6.17 Å². The Morgan fingerprint density at radius 2 is 1.64 bits per heavy atom. The molecule has 3 N–H and O–H groups in total. The van der Waals surface area contributed by atoms with Crippen molar-refractivity contribution in [3.05, 3.63) is 39.9 Å². The van der Waals surface area contributed by atoms with Gasteiger partial charge in [0.15, 0.2) is 0 Å². The predicted octanol–water partition coefficient (Wildman–Crippen LogP) is -1.22. The Morgan fingerprint density at radius 1 is 1.14 bits per heavy atom. The number of nitro groups is 1. The molecule has 1 aromatic rings. The van der Waals surface area contributed by atoms with Gasteiger partial charge in [0.1, 0.15) is 5.56 Å². The summed E-state index contributed by atoms with van der Waals surface area (Å²) < 4.78 is 0. The maximum absolute atomic E-state index is 11.4. The van der Waals surface area contributed by atoms with Crippen molar-refractivity contribution in [2.24, 2.45) is 10.8 Å². The Labute approximate surface area is 129 Å². The van der Waals surface area contributed by atoms with E-state index in [1.807, 2.05) is 12.1 Å². The fourth-order valence-corrected chi connectivity index (χ4v) is 5.59. The fraction of sp³-hybridized carbons (Fsp3) is 0.625. The molecule has 4 bridgehead atoms. The molecule has 6 nitrogen and oxygen atoms in total. The summed E-state index contributed by atoms with van der Waals surface area (Å²) in [6, 6.07) is 7.15. The summed E-state index contributed by atoms with van der Waals surface area (Å²) in [6.07, 6.45) is -0.144. The van der Waals surface area contributed by atoms with Crippen molar-refractivity contribution in [1.82, 2.24) is 0 Å². The first-order valence-electron chi connectivity index (χ1n) is 7.95. The molecule has 0 saturated carbocycles. The van der Waals surface area contributed by atoms with E-state index in [-0.39, 0.29) is 33.7 Å². The summed E-state index contributed by atoms with van der Waals surface area (Å²) in [7, 11) is 0. The number of aliphatic hydroxyl groups excluding tert-OH is 1. The lowest BCUT2D eigenvalue weighted by Crippen LogP contribution is -3.41. The summed E-state index contributed by atoms with van der Waals surface area (Å²) in [5, 5.41) is 22.1. The van der Waals surface area contributed by atoms with Crippen LogP contribution in [0.4, 0.5) is 5.69 Å². The van der Waals surface area contributed by atoms with Crippen molar-refractivity contribution in [3.63, 3.8) is 0 Å². The van der Waals surface area contributed by atoms with Crippen molar-refractivity contribution in [1.29, 1.82) is 0 Å². The van der Waals surface area contributed by atoms with E-state index in [0.717, 1.165) is 31.7 Å². The van der Waals surface area contributed by atoms with Crippen molar-refractivity contribution in [3.8, 4) is 0 Å². The SMILES string of the molecule is CC12C[NH+]3CC(C)(C[NH+](C1)C3c1ccccc1[N+](=O)[O-])C2O. The molecule has 4 aliphatic heterocycles. The molecule has 0 amide bonds. The number of hydrogen-bond acceptors (Lipinski definition) is 3. The summed E-state index contributed by atoms with van der Waals surface area (Å²) in [5.74, 6) is 0. The number of aliphatic hydroxyl groups is 1. The Kier molecular flexibility index (Phi) is 2.74. The molecule has 118 valence electrons. The molecule has 0 aromatic heterocycles. The van der Waals surface area contributed by atoms with Crippen LogP contribution in [0.3, 0.4) is 0 Å². The topological polar surface area (TPSA) is 72.2 Å². The van der Waals surface area contributed by atoms with Gasteiger partial charge in [-0.15, -0.1) is 0 Å². The summed E-state index contributed by atoms with van der Waals surface area (Å²) in [5.41, 5.74) is 0.931. The average molecular weight is 305 g/mol. The molecule has 5 rings (SSSR count). The standard InChI is InChI=1S/C16H21N3O3/c1-15-7-17-9-16(2,14(15)20)10-18(8-15)13(17)11-5-3-4-6-12(11)19(21)22/h3-6,13-14,20H,7-10H2,1-2H3/p+2. The third-order valence-corrected chi connectivity index (χ3v) is 6.10. The molecule has 0 spiro atoms. The highest BCUT2D eigenvalue weighted by Crippen LogP contribution is 2.40. The summed E-state index contributed by atoms with van der Waals surface area (Å²) in [6.45, 7) is 7.91. The van der Waals surface area contributed by atoms with E-state index in [4.69, 9.17) is 0 Å². The van der Waals surface area contributed by atoms with Crippen LogP contribution < -0.4 is 9.80 Å². The van der Waals surface area contributed by atoms with Gasteiger partial charge in [0.25, 0.3) is 5.69 Å². The second-order valence-electron chi connectivity index (χ2n) is 7.98. The van der Waals surface area contributed by atoms with Gasteiger partial charge in [0.05, 0.1) is 48.0 Å². The van der Waals surface area contributed by atoms with Crippen LogP contribution in [0.15, 0.2) is 24.3 Å². The molecule has 22 heavy (non-hydrogen) atoms. The highest BCUT2D eigenvalue weighted by atomic mass is 16.6. The number of quaternary nitrogens is 2. The van der Waals surface area contributed by atoms with Crippen LogP contribution in [0.5, 0.6) is 0 Å². The minimum Gasteiger partial charge on any atom is -0.391 e. The van der Waals surface area contributed by atoms with Gasteiger partial charge in [-0.25, -0.2) is 0 Å². The van der Waals surface area contributed by atoms with Gasteiger partial charge in [-0.3, -0.25) is 19.9 Å². The molecule has 0 radical (unpaired) electrons. The van der Waals surface area contributed by atoms with E-state index < -0.39 is 0 Å². The van der Waals surface area contributed by atoms with Crippen LogP contribution in [0.2, 0.25) is 0 Å². The first-order chi connectivity index (χ1) is 10.3. The average Bonchev–Trinajstić information content (AvgIpc) is 2.43. The number of nitrogens with one attached hydrogen (secondary N) is 2. The first-order valence-corrected chi connectivity index (χ1v) is 7.95. The number of benzene rings is 1. The second kappa shape index (κ2) is 4.28. The molecule has 4 heterocycles. The Balaban J connectivity index is 1.77. The van der Waals surface area contributed by atoms with E-state index in [0.29, 0.717) is 0 Å². The Bertz CT molecular complexity index is 609. The Morgan fingerprint density at radius 3 is 2.14 bits per heavy atom. The number of para-hydroxylation sites is 1. The molecule has 0 atom stereocenters.